The molecule has 0 bridgehead atoms. The van der Waals surface area contributed by atoms with Crippen molar-refractivity contribution in [1.82, 2.24) is 5.32 Å². The van der Waals surface area contributed by atoms with Gasteiger partial charge < -0.3 is 11.1 Å². The molecule has 1 aliphatic rings. The molecule has 3 N–H and O–H groups in total. The van der Waals surface area contributed by atoms with E-state index in [1.807, 2.05) is 30.3 Å². The van der Waals surface area contributed by atoms with E-state index in [0.717, 1.165) is 31.2 Å². The number of amides is 1. The lowest BCUT2D eigenvalue weighted by Crippen LogP contribution is -2.61. The van der Waals surface area contributed by atoms with Gasteiger partial charge in [0.25, 0.3) is 0 Å². The molecule has 1 aromatic rings. The number of rotatable bonds is 6. The van der Waals surface area contributed by atoms with Gasteiger partial charge in [0.15, 0.2) is 0 Å². The number of azide groups is 1. The van der Waals surface area contributed by atoms with Crippen LogP contribution in [0.5, 0.6) is 0 Å². The minimum atomic E-state index is -0.745. The molecule has 1 aromatic carbocycles. The van der Waals surface area contributed by atoms with Gasteiger partial charge in [-0.15, -0.1) is 0 Å². The zero-order valence-corrected chi connectivity index (χ0v) is 12.0. The molecule has 6 heteroatoms. The molecule has 0 aliphatic heterocycles. The average molecular weight is 287 g/mol. The number of nitrogens with one attached hydrogen (secondary N) is 1. The Bertz CT molecular complexity index is 526. The molecule has 112 valence electrons. The molecule has 1 saturated carbocycles. The first-order valence-electron chi connectivity index (χ1n) is 7.31. The molecule has 2 rings (SSSR count). The van der Waals surface area contributed by atoms with Crippen molar-refractivity contribution in [3.63, 3.8) is 0 Å². The number of hydrogen-bond acceptors (Lipinski definition) is 3. The van der Waals surface area contributed by atoms with Crippen LogP contribution in [0.25, 0.3) is 10.4 Å². The van der Waals surface area contributed by atoms with Crippen molar-refractivity contribution in [3.8, 4) is 0 Å². The van der Waals surface area contributed by atoms with E-state index in [4.69, 9.17) is 11.3 Å². The standard InChI is InChI=1S/C15H21N5O/c16-14(21)15(18-10-11-19-20-17)9-5-4-8-13(15)12-6-2-1-3-7-12/h1-3,6-7,13,18H,4-5,8-11H2,(H2,16,21). The maximum absolute atomic E-state index is 12.2. The third-order valence-electron chi connectivity index (χ3n) is 4.27. The number of primary amides is 1. The minimum absolute atomic E-state index is 0.0658. The molecule has 1 aliphatic carbocycles. The Balaban J connectivity index is 2.25. The molecule has 0 saturated heterocycles. The lowest BCUT2D eigenvalue weighted by Gasteiger charge is -2.43. The largest absolute Gasteiger partial charge is 0.368 e. The van der Waals surface area contributed by atoms with Gasteiger partial charge in [-0.25, -0.2) is 0 Å². The summed E-state index contributed by atoms with van der Waals surface area (Å²) < 4.78 is 0. The van der Waals surface area contributed by atoms with Crippen LogP contribution >= 0.6 is 0 Å². The minimum Gasteiger partial charge on any atom is -0.368 e. The molecule has 6 nitrogen and oxygen atoms in total. The van der Waals surface area contributed by atoms with Gasteiger partial charge in [0.2, 0.25) is 5.91 Å². The van der Waals surface area contributed by atoms with Crippen LogP contribution in [0.3, 0.4) is 0 Å². The predicted octanol–water partition coefficient (Wildman–Crippen LogP) is 2.47. The first-order chi connectivity index (χ1) is 10.2. The third-order valence-corrected chi connectivity index (χ3v) is 4.27. The Morgan fingerprint density at radius 2 is 2.19 bits per heavy atom. The molecule has 0 heterocycles. The Labute approximate surface area is 124 Å². The number of nitrogens with two attached hydrogens (primary N) is 1. The topological polar surface area (TPSA) is 104 Å². The molecule has 21 heavy (non-hydrogen) atoms. The summed E-state index contributed by atoms with van der Waals surface area (Å²) in [5.41, 5.74) is 14.5. The van der Waals surface area contributed by atoms with Crippen molar-refractivity contribution in [2.45, 2.75) is 37.1 Å². The second-order valence-electron chi connectivity index (χ2n) is 5.43. The van der Waals surface area contributed by atoms with Crippen molar-refractivity contribution < 1.29 is 4.79 Å². The van der Waals surface area contributed by atoms with Gasteiger partial charge in [0.1, 0.15) is 5.54 Å². The fourth-order valence-electron chi connectivity index (χ4n) is 3.28. The summed E-state index contributed by atoms with van der Waals surface area (Å²) in [7, 11) is 0. The summed E-state index contributed by atoms with van der Waals surface area (Å²) in [5.74, 6) is -0.256. The summed E-state index contributed by atoms with van der Waals surface area (Å²) in [6, 6.07) is 10.0. The lowest BCUT2D eigenvalue weighted by atomic mass is 9.69. The van der Waals surface area contributed by atoms with Crippen molar-refractivity contribution in [2.75, 3.05) is 13.1 Å². The zero-order chi connectivity index (χ0) is 15.1. The van der Waals surface area contributed by atoms with Crippen LogP contribution in [0.1, 0.15) is 37.2 Å². The summed E-state index contributed by atoms with van der Waals surface area (Å²) in [6.45, 7) is 0.767. The van der Waals surface area contributed by atoms with Crippen LogP contribution in [0.2, 0.25) is 0 Å². The summed E-state index contributed by atoms with van der Waals surface area (Å²) >= 11 is 0. The molecular weight excluding hydrogens is 266 g/mol. The molecule has 0 radical (unpaired) electrons. The summed E-state index contributed by atoms with van der Waals surface area (Å²) in [5, 5.41) is 6.79. The van der Waals surface area contributed by atoms with E-state index in [9.17, 15) is 4.79 Å². The average Bonchev–Trinajstić information content (AvgIpc) is 2.52. The number of hydrogen-bond donors (Lipinski definition) is 2. The smallest absolute Gasteiger partial charge is 0.238 e. The number of benzene rings is 1. The van der Waals surface area contributed by atoms with Gasteiger partial charge >= 0.3 is 0 Å². The van der Waals surface area contributed by atoms with Crippen LogP contribution in [0.4, 0.5) is 0 Å². The summed E-state index contributed by atoms with van der Waals surface area (Å²) in [6.07, 6.45) is 3.72. The van der Waals surface area contributed by atoms with Gasteiger partial charge in [-0.1, -0.05) is 48.3 Å². The van der Waals surface area contributed by atoms with E-state index in [0.29, 0.717) is 13.1 Å². The zero-order valence-electron chi connectivity index (χ0n) is 12.0. The van der Waals surface area contributed by atoms with Gasteiger partial charge in [-0.3, -0.25) is 4.79 Å². The van der Waals surface area contributed by atoms with E-state index in [2.05, 4.69) is 15.3 Å². The first-order valence-corrected chi connectivity index (χ1v) is 7.31. The maximum Gasteiger partial charge on any atom is 0.238 e. The van der Waals surface area contributed by atoms with Crippen LogP contribution in [-0.4, -0.2) is 24.5 Å². The molecular formula is C15H21N5O. The van der Waals surface area contributed by atoms with Gasteiger partial charge in [0.05, 0.1) is 0 Å². The SMILES string of the molecule is [N-]=[N+]=NCCNC1(C(N)=O)CCCCC1c1ccccc1. The monoisotopic (exact) mass is 287 g/mol. The number of carbonyl (C=O) groups excluding carboxylic acids is 1. The number of nitrogens with zero attached hydrogens (tertiary/aromatic N) is 3. The maximum atomic E-state index is 12.2. The summed E-state index contributed by atoms with van der Waals surface area (Å²) in [4.78, 5) is 14.9. The van der Waals surface area contributed by atoms with E-state index in [-0.39, 0.29) is 11.8 Å². The molecule has 0 aromatic heterocycles. The second-order valence-corrected chi connectivity index (χ2v) is 5.43. The van der Waals surface area contributed by atoms with Gasteiger partial charge in [-0.2, -0.15) is 0 Å². The van der Waals surface area contributed by atoms with E-state index >= 15 is 0 Å². The van der Waals surface area contributed by atoms with Crippen LogP contribution in [0, 0.1) is 0 Å². The van der Waals surface area contributed by atoms with Crippen molar-refractivity contribution in [2.24, 2.45) is 10.8 Å². The Kier molecular flexibility index (Phi) is 5.20. The normalized spacial score (nSPS) is 25.0. The van der Waals surface area contributed by atoms with Crippen LogP contribution in [0.15, 0.2) is 35.4 Å². The van der Waals surface area contributed by atoms with Gasteiger partial charge in [0, 0.05) is 23.9 Å². The van der Waals surface area contributed by atoms with Crippen LogP contribution in [-0.2, 0) is 4.79 Å². The van der Waals surface area contributed by atoms with E-state index in [1.165, 1.54) is 0 Å². The third kappa shape index (κ3) is 3.35. The van der Waals surface area contributed by atoms with Crippen molar-refractivity contribution in [1.29, 1.82) is 0 Å². The molecule has 2 atom stereocenters. The fraction of sp³-hybridized carbons (Fsp3) is 0.533. The molecule has 2 unspecified atom stereocenters. The first kappa shape index (κ1) is 15.4. The second kappa shape index (κ2) is 7.11. The highest BCUT2D eigenvalue weighted by Crippen LogP contribution is 2.40. The highest BCUT2D eigenvalue weighted by molar-refractivity contribution is 5.86. The Morgan fingerprint density at radius 1 is 1.43 bits per heavy atom. The highest BCUT2D eigenvalue weighted by atomic mass is 16.1. The molecule has 0 spiro atoms. The molecule has 1 amide bonds. The number of carbonyl (C=O) groups is 1. The van der Waals surface area contributed by atoms with Crippen molar-refractivity contribution in [3.05, 3.63) is 46.3 Å². The van der Waals surface area contributed by atoms with E-state index < -0.39 is 5.54 Å². The fourth-order valence-corrected chi connectivity index (χ4v) is 3.28. The van der Waals surface area contributed by atoms with Crippen LogP contribution < -0.4 is 11.1 Å². The van der Waals surface area contributed by atoms with Crippen molar-refractivity contribution >= 4 is 5.91 Å². The highest BCUT2D eigenvalue weighted by Gasteiger charge is 2.45. The Morgan fingerprint density at radius 3 is 2.86 bits per heavy atom. The predicted molar refractivity (Wildman–Crippen MR) is 81.6 cm³/mol. The quantitative estimate of drug-likeness (QED) is 0.363. The van der Waals surface area contributed by atoms with E-state index in [1.54, 1.807) is 0 Å². The Hall–Kier alpha value is -2.04. The molecule has 1 fully saturated rings. The van der Waals surface area contributed by atoms with Gasteiger partial charge in [-0.05, 0) is 23.9 Å². The lowest BCUT2D eigenvalue weighted by molar-refractivity contribution is -0.126.